The molecule has 10 heteroatoms. The molecule has 1 aliphatic rings. The Morgan fingerprint density at radius 1 is 1.29 bits per heavy atom. The fourth-order valence-corrected chi connectivity index (χ4v) is 5.23. The van der Waals surface area contributed by atoms with Crippen molar-refractivity contribution < 1.29 is 17.4 Å². The van der Waals surface area contributed by atoms with Gasteiger partial charge >= 0.3 is 10.3 Å². The molecule has 0 aromatic carbocycles. The summed E-state index contributed by atoms with van der Waals surface area (Å²) in [6, 6.07) is 1.37. The molecule has 2 aromatic heterocycles. The highest BCUT2D eigenvalue weighted by molar-refractivity contribution is 7.84. The van der Waals surface area contributed by atoms with Gasteiger partial charge in [-0.2, -0.15) is 8.42 Å². The molecule has 1 saturated carbocycles. The highest BCUT2D eigenvalue weighted by Crippen LogP contribution is 2.35. The lowest BCUT2D eigenvalue weighted by Gasteiger charge is -2.23. The van der Waals surface area contributed by atoms with Gasteiger partial charge in [0.05, 0.1) is 17.9 Å². The number of rotatable bonds is 7. The molecule has 0 saturated heterocycles. The Morgan fingerprint density at radius 3 is 2.50 bits per heavy atom. The lowest BCUT2D eigenvalue weighted by molar-refractivity contribution is 0.103. The molecule has 9 nitrogen and oxygen atoms in total. The highest BCUT2D eigenvalue weighted by atomic mass is 32.2. The topological polar surface area (TPSA) is 142 Å². The van der Waals surface area contributed by atoms with Crippen molar-refractivity contribution >= 4 is 21.8 Å². The molecule has 0 aliphatic heterocycles. The van der Waals surface area contributed by atoms with Crippen LogP contribution in [-0.2, 0) is 20.0 Å². The van der Waals surface area contributed by atoms with Crippen LogP contribution < -0.4 is 16.2 Å². The predicted molar refractivity (Wildman–Crippen MR) is 133 cm³/mol. The van der Waals surface area contributed by atoms with E-state index in [9.17, 15) is 13.2 Å². The summed E-state index contributed by atoms with van der Waals surface area (Å²) in [4.78, 5) is 18.1. The summed E-state index contributed by atoms with van der Waals surface area (Å²) < 4.78 is 29.4. The summed E-state index contributed by atoms with van der Waals surface area (Å²) in [5.41, 5.74) is 10.8. The molecule has 0 unspecified atom stereocenters. The molecule has 1 fully saturated rings. The molecule has 4 atom stereocenters. The third-order valence-corrected chi connectivity index (χ3v) is 7.53. The number of aromatic nitrogens is 2. The van der Waals surface area contributed by atoms with Crippen molar-refractivity contribution in [3.8, 4) is 0 Å². The molecular weight excluding hydrogens is 454 g/mol. The Hall–Kier alpha value is -2.27. The van der Waals surface area contributed by atoms with E-state index in [0.717, 1.165) is 11.3 Å². The Labute approximate surface area is 202 Å². The number of nitrogens with two attached hydrogens (primary N) is 2. The molecule has 0 bridgehead atoms. The van der Waals surface area contributed by atoms with E-state index in [-0.39, 0.29) is 41.8 Å². The van der Waals surface area contributed by atoms with Crippen LogP contribution in [-0.4, -0.2) is 42.4 Å². The summed E-state index contributed by atoms with van der Waals surface area (Å²) in [6.45, 7) is 14.1. The van der Waals surface area contributed by atoms with Crippen LogP contribution in [0.25, 0.3) is 0 Å². The number of carbonyl (C=O) groups is 1. The van der Waals surface area contributed by atoms with Crippen LogP contribution in [0.15, 0.2) is 18.5 Å². The zero-order valence-corrected chi connectivity index (χ0v) is 21.9. The zero-order valence-electron chi connectivity index (χ0n) is 21.0. The summed E-state index contributed by atoms with van der Waals surface area (Å²) >= 11 is 0. The van der Waals surface area contributed by atoms with Crippen molar-refractivity contribution in [1.29, 1.82) is 0 Å². The Kier molecular flexibility index (Phi) is 7.29. The smallest absolute Gasteiger partial charge is 0.333 e. The average molecular weight is 492 g/mol. The first-order chi connectivity index (χ1) is 15.6. The van der Waals surface area contributed by atoms with E-state index in [1.54, 1.807) is 12.3 Å². The quantitative estimate of drug-likeness (QED) is 0.505. The second-order valence-corrected chi connectivity index (χ2v) is 11.6. The van der Waals surface area contributed by atoms with Crippen molar-refractivity contribution in [3.63, 3.8) is 0 Å². The van der Waals surface area contributed by atoms with Gasteiger partial charge in [-0.25, -0.2) is 5.14 Å². The van der Waals surface area contributed by atoms with Gasteiger partial charge in [0.1, 0.15) is 0 Å². The number of nitrogens with zero attached hydrogens (tertiary/aromatic N) is 2. The lowest BCUT2D eigenvalue weighted by Crippen LogP contribution is -2.39. The molecule has 0 spiro atoms. The van der Waals surface area contributed by atoms with Crippen molar-refractivity contribution in [2.45, 2.75) is 72.5 Å². The predicted octanol–water partition coefficient (Wildman–Crippen LogP) is 2.78. The highest BCUT2D eigenvalue weighted by Gasteiger charge is 2.39. The van der Waals surface area contributed by atoms with Crippen LogP contribution in [0.1, 0.15) is 67.0 Å². The number of aryl methyl sites for hydroxylation is 1. The maximum atomic E-state index is 13.8. The third-order valence-electron chi connectivity index (χ3n) is 7.06. The summed E-state index contributed by atoms with van der Waals surface area (Å²) in [5, 5.41) is 8.44. The van der Waals surface area contributed by atoms with E-state index < -0.39 is 10.3 Å². The second kappa shape index (κ2) is 9.41. The molecule has 34 heavy (non-hydrogen) atoms. The maximum Gasteiger partial charge on any atom is 0.333 e. The molecule has 2 heterocycles. The summed E-state index contributed by atoms with van der Waals surface area (Å²) in [7, 11) is -4.02. The second-order valence-electron chi connectivity index (χ2n) is 10.4. The SMILES string of the molecule is Cc1nccc(N[C@@H]2C[C@H](COS(N)(=O)=O)[C@@H](C)[C@H]2N)c1C(=O)c1cn(C(C)(C)C)c(C)c1C. The fourth-order valence-electron chi connectivity index (χ4n) is 4.87. The molecule has 3 rings (SSSR count). The largest absolute Gasteiger partial charge is 0.380 e. The Morgan fingerprint density at radius 2 is 1.94 bits per heavy atom. The van der Waals surface area contributed by atoms with E-state index in [0.29, 0.717) is 28.9 Å². The molecule has 188 valence electrons. The van der Waals surface area contributed by atoms with Gasteiger partial charge in [0.15, 0.2) is 5.78 Å². The summed E-state index contributed by atoms with van der Waals surface area (Å²) in [5.74, 6) is -0.170. The number of carbonyl (C=O) groups excluding carboxylic acids is 1. The molecule has 2 aromatic rings. The number of hydrogen-bond acceptors (Lipinski definition) is 7. The van der Waals surface area contributed by atoms with Crippen molar-refractivity contribution in [3.05, 3.63) is 46.5 Å². The van der Waals surface area contributed by atoms with Gasteiger partial charge in [0, 0.05) is 47.0 Å². The number of nitrogens with one attached hydrogen (secondary N) is 1. The average Bonchev–Trinajstić information content (AvgIpc) is 3.16. The molecule has 1 aliphatic carbocycles. The van der Waals surface area contributed by atoms with Gasteiger partial charge < -0.3 is 15.6 Å². The van der Waals surface area contributed by atoms with Gasteiger partial charge in [0.25, 0.3) is 0 Å². The first-order valence-electron chi connectivity index (χ1n) is 11.5. The number of anilines is 1. The minimum Gasteiger partial charge on any atom is -0.380 e. The van der Waals surface area contributed by atoms with Crippen LogP contribution in [0, 0.1) is 32.6 Å². The van der Waals surface area contributed by atoms with Gasteiger partial charge in [-0.1, -0.05) is 6.92 Å². The van der Waals surface area contributed by atoms with E-state index in [2.05, 4.69) is 35.6 Å². The van der Waals surface area contributed by atoms with E-state index in [4.69, 9.17) is 15.1 Å². The van der Waals surface area contributed by atoms with Crippen LogP contribution >= 0.6 is 0 Å². The minimum atomic E-state index is -4.02. The normalized spacial score (nSPS) is 23.3. The van der Waals surface area contributed by atoms with Gasteiger partial charge in [0.2, 0.25) is 0 Å². The molecule has 5 N–H and O–H groups in total. The lowest BCUT2D eigenvalue weighted by atomic mass is 9.97. The van der Waals surface area contributed by atoms with E-state index >= 15 is 0 Å². The number of pyridine rings is 1. The van der Waals surface area contributed by atoms with E-state index in [1.165, 1.54) is 0 Å². The molecular formula is C24H37N5O4S. The van der Waals surface area contributed by atoms with Crippen molar-refractivity contribution in [2.24, 2.45) is 22.7 Å². The summed E-state index contributed by atoms with van der Waals surface area (Å²) in [6.07, 6.45) is 4.18. The van der Waals surface area contributed by atoms with Crippen LogP contribution in [0.5, 0.6) is 0 Å². The third kappa shape index (κ3) is 5.35. The minimum absolute atomic E-state index is 0.00653. The first-order valence-corrected chi connectivity index (χ1v) is 13.0. The van der Waals surface area contributed by atoms with Gasteiger partial charge in [-0.15, -0.1) is 0 Å². The van der Waals surface area contributed by atoms with Gasteiger partial charge in [-0.3, -0.25) is 14.0 Å². The Balaban J connectivity index is 1.91. The van der Waals surface area contributed by atoms with Crippen LogP contribution in [0.2, 0.25) is 0 Å². The zero-order chi connectivity index (χ0) is 25.6. The van der Waals surface area contributed by atoms with Crippen molar-refractivity contribution in [2.75, 3.05) is 11.9 Å². The Bertz CT molecular complexity index is 1180. The molecule has 0 amide bonds. The number of ketones is 1. The van der Waals surface area contributed by atoms with Crippen molar-refractivity contribution in [1.82, 2.24) is 9.55 Å². The van der Waals surface area contributed by atoms with Crippen LogP contribution in [0.4, 0.5) is 5.69 Å². The maximum absolute atomic E-state index is 13.8. The van der Waals surface area contributed by atoms with E-state index in [1.807, 2.05) is 33.9 Å². The molecule has 0 radical (unpaired) electrons. The standard InChI is InChI=1S/C24H37N5O4S/c1-13-16(4)29(24(5,6)7)11-18(13)23(30)21-15(3)27-9-8-19(21)28-20-10-17(14(2)22(20)25)12-33-34(26,31)32/h8-9,11,14,17,20,22H,10,12,25H2,1-7H3,(H,27,28)(H2,26,31,32)/t14-,17-,20-,22-/m1/s1. The van der Waals surface area contributed by atoms with Crippen LogP contribution in [0.3, 0.4) is 0 Å². The first kappa shape index (κ1) is 26.3. The number of hydrogen-bond donors (Lipinski definition) is 3. The van der Waals surface area contributed by atoms with Gasteiger partial charge in [-0.05, 0) is 71.4 Å². The monoisotopic (exact) mass is 491 g/mol. The fraction of sp³-hybridized carbons (Fsp3) is 0.583.